The summed E-state index contributed by atoms with van der Waals surface area (Å²) in [5.41, 5.74) is 0.644. The number of fused-ring (bicyclic) bond motifs is 1. The molecule has 0 saturated carbocycles. The highest BCUT2D eigenvalue weighted by Crippen LogP contribution is 2.34. The van der Waals surface area contributed by atoms with Gasteiger partial charge in [0.25, 0.3) is 11.5 Å². The summed E-state index contributed by atoms with van der Waals surface area (Å²) >= 11 is 0. The van der Waals surface area contributed by atoms with Gasteiger partial charge in [-0.1, -0.05) is 32.9 Å². The molecule has 3 heterocycles. The Bertz CT molecular complexity index is 1000. The molecule has 1 aromatic heterocycles. The van der Waals surface area contributed by atoms with Crippen molar-refractivity contribution >= 4 is 5.91 Å². The van der Waals surface area contributed by atoms with Gasteiger partial charge in [0.2, 0.25) is 6.10 Å². The highest BCUT2D eigenvalue weighted by molar-refractivity contribution is 5.82. The fourth-order valence-corrected chi connectivity index (χ4v) is 4.16. The van der Waals surface area contributed by atoms with Crippen molar-refractivity contribution in [2.75, 3.05) is 13.1 Å². The lowest BCUT2D eigenvalue weighted by molar-refractivity contribution is -0.145. The van der Waals surface area contributed by atoms with E-state index in [0.717, 1.165) is 18.5 Å². The van der Waals surface area contributed by atoms with Gasteiger partial charge in [-0.3, -0.25) is 14.2 Å². The van der Waals surface area contributed by atoms with Gasteiger partial charge in [0.05, 0.1) is 12.0 Å². The molecule has 0 N–H and O–H groups in total. The van der Waals surface area contributed by atoms with Crippen LogP contribution < -0.4 is 15.0 Å². The molecule has 2 aromatic rings. The number of para-hydroxylation sites is 2. The van der Waals surface area contributed by atoms with Crippen LogP contribution in [0.15, 0.2) is 41.5 Å². The molecule has 0 bridgehead atoms. The molecule has 4 rings (SSSR count). The van der Waals surface area contributed by atoms with Crippen LogP contribution in [0.4, 0.5) is 0 Å². The van der Waals surface area contributed by atoms with Crippen molar-refractivity contribution in [3.05, 3.63) is 52.7 Å². The van der Waals surface area contributed by atoms with Crippen molar-refractivity contribution in [2.45, 2.75) is 64.7 Å². The fraction of sp³-hybridized carbons (Fsp3) is 0.542. The van der Waals surface area contributed by atoms with E-state index in [2.05, 4.69) is 4.98 Å². The van der Waals surface area contributed by atoms with Gasteiger partial charge >= 0.3 is 0 Å². The molecule has 7 nitrogen and oxygen atoms in total. The van der Waals surface area contributed by atoms with Crippen molar-refractivity contribution in [1.29, 1.82) is 0 Å². The minimum Gasteiger partial charge on any atom is -0.482 e. The van der Waals surface area contributed by atoms with Crippen LogP contribution in [0.5, 0.6) is 11.5 Å². The van der Waals surface area contributed by atoms with Crippen LogP contribution in [0, 0.1) is 5.92 Å². The van der Waals surface area contributed by atoms with Gasteiger partial charge in [-0.05, 0) is 37.8 Å². The molecule has 166 valence electrons. The molecule has 1 amide bonds. The Morgan fingerprint density at radius 3 is 2.39 bits per heavy atom. The van der Waals surface area contributed by atoms with Gasteiger partial charge in [0.1, 0.15) is 6.10 Å². The SMILES string of the molecule is CC1Oc2ccccc2OC1C(=O)N1CCC(Cn2cnc(C(C)(C)C)cc2=O)CC1. The molecule has 2 aliphatic rings. The van der Waals surface area contributed by atoms with Crippen molar-refractivity contribution in [1.82, 2.24) is 14.5 Å². The summed E-state index contributed by atoms with van der Waals surface area (Å²) in [6, 6.07) is 9.07. The molecule has 1 aromatic carbocycles. The average Bonchev–Trinajstić information content (AvgIpc) is 2.74. The minimum absolute atomic E-state index is 0.0151. The number of aromatic nitrogens is 2. The molecule has 0 spiro atoms. The third-order valence-corrected chi connectivity index (χ3v) is 6.11. The van der Waals surface area contributed by atoms with Crippen LogP contribution in [-0.4, -0.2) is 45.7 Å². The Labute approximate surface area is 183 Å². The predicted octanol–water partition coefficient (Wildman–Crippen LogP) is 3.01. The van der Waals surface area contributed by atoms with Crippen LogP contribution in [0.25, 0.3) is 0 Å². The van der Waals surface area contributed by atoms with E-state index < -0.39 is 6.10 Å². The van der Waals surface area contributed by atoms with Crippen LogP contribution in [-0.2, 0) is 16.8 Å². The molecule has 1 saturated heterocycles. The first kappa shape index (κ1) is 21.4. The number of hydrogen-bond acceptors (Lipinski definition) is 5. The van der Waals surface area contributed by atoms with Gasteiger partial charge in [0, 0.05) is 31.1 Å². The zero-order valence-electron chi connectivity index (χ0n) is 18.7. The van der Waals surface area contributed by atoms with Crippen molar-refractivity contribution in [3.63, 3.8) is 0 Å². The molecule has 2 atom stereocenters. The second-order valence-corrected chi connectivity index (χ2v) is 9.59. The van der Waals surface area contributed by atoms with E-state index in [4.69, 9.17) is 9.47 Å². The molecule has 2 aliphatic heterocycles. The summed E-state index contributed by atoms with van der Waals surface area (Å²) in [6.07, 6.45) is 2.37. The molecular formula is C24H31N3O4. The topological polar surface area (TPSA) is 73.7 Å². The zero-order valence-corrected chi connectivity index (χ0v) is 18.7. The Morgan fingerprint density at radius 2 is 1.77 bits per heavy atom. The maximum Gasteiger partial charge on any atom is 0.267 e. The number of likely N-dealkylation sites (tertiary alicyclic amines) is 1. The largest absolute Gasteiger partial charge is 0.482 e. The summed E-state index contributed by atoms with van der Waals surface area (Å²) in [5, 5.41) is 0. The maximum absolute atomic E-state index is 13.1. The number of carbonyl (C=O) groups is 1. The quantitative estimate of drug-likeness (QED) is 0.756. The first-order valence-electron chi connectivity index (χ1n) is 11.0. The maximum atomic E-state index is 13.1. The third kappa shape index (κ3) is 4.60. The summed E-state index contributed by atoms with van der Waals surface area (Å²) in [7, 11) is 0. The van der Waals surface area contributed by atoms with Gasteiger partial charge in [-0.25, -0.2) is 4.98 Å². The first-order chi connectivity index (χ1) is 14.7. The normalized spacial score (nSPS) is 21.7. The number of nitrogens with zero attached hydrogens (tertiary/aromatic N) is 3. The Balaban J connectivity index is 1.35. The van der Waals surface area contributed by atoms with Crippen LogP contribution in [0.2, 0.25) is 0 Å². The first-order valence-corrected chi connectivity index (χ1v) is 11.0. The van der Waals surface area contributed by atoms with E-state index in [-0.39, 0.29) is 23.0 Å². The number of carbonyl (C=O) groups excluding carboxylic acids is 1. The monoisotopic (exact) mass is 425 g/mol. The molecular weight excluding hydrogens is 394 g/mol. The standard InChI is InChI=1S/C24H31N3O4/c1-16-22(31-19-8-6-5-7-18(19)30-16)23(29)26-11-9-17(10-12-26)14-27-15-25-20(13-21(27)28)24(2,3)4/h5-8,13,15-17,22H,9-12,14H2,1-4H3. The van der Waals surface area contributed by atoms with E-state index in [0.29, 0.717) is 37.1 Å². The van der Waals surface area contributed by atoms with E-state index in [1.807, 2.05) is 56.9 Å². The van der Waals surface area contributed by atoms with Gasteiger partial charge in [-0.15, -0.1) is 0 Å². The van der Waals surface area contributed by atoms with E-state index >= 15 is 0 Å². The molecule has 1 fully saturated rings. The molecule has 0 radical (unpaired) electrons. The van der Waals surface area contributed by atoms with Gasteiger partial charge in [0.15, 0.2) is 11.5 Å². The highest BCUT2D eigenvalue weighted by Gasteiger charge is 2.38. The van der Waals surface area contributed by atoms with Gasteiger partial charge < -0.3 is 14.4 Å². The third-order valence-electron chi connectivity index (χ3n) is 6.11. The number of ether oxygens (including phenoxy) is 2. The summed E-state index contributed by atoms with van der Waals surface area (Å²) < 4.78 is 13.5. The van der Waals surface area contributed by atoms with E-state index in [1.165, 1.54) is 0 Å². The van der Waals surface area contributed by atoms with Crippen molar-refractivity contribution in [2.24, 2.45) is 5.92 Å². The Morgan fingerprint density at radius 1 is 1.13 bits per heavy atom. The number of amides is 1. The number of piperidine rings is 1. The van der Waals surface area contributed by atoms with Crippen molar-refractivity contribution < 1.29 is 14.3 Å². The lowest BCUT2D eigenvalue weighted by Crippen LogP contribution is -2.52. The Kier molecular flexibility index (Phi) is 5.77. The summed E-state index contributed by atoms with van der Waals surface area (Å²) in [6.45, 7) is 9.95. The average molecular weight is 426 g/mol. The van der Waals surface area contributed by atoms with Crippen molar-refractivity contribution in [3.8, 4) is 11.5 Å². The molecule has 31 heavy (non-hydrogen) atoms. The minimum atomic E-state index is -0.636. The number of hydrogen-bond donors (Lipinski definition) is 0. The number of rotatable bonds is 3. The molecule has 2 unspecified atom stereocenters. The fourth-order valence-electron chi connectivity index (χ4n) is 4.16. The number of benzene rings is 1. The molecule has 7 heteroatoms. The van der Waals surface area contributed by atoms with Crippen LogP contribution in [0.3, 0.4) is 0 Å². The van der Waals surface area contributed by atoms with Gasteiger partial charge in [-0.2, -0.15) is 0 Å². The second-order valence-electron chi connectivity index (χ2n) is 9.59. The smallest absolute Gasteiger partial charge is 0.267 e. The second kappa shape index (κ2) is 8.36. The zero-order chi connectivity index (χ0) is 22.2. The highest BCUT2D eigenvalue weighted by atomic mass is 16.6. The van der Waals surface area contributed by atoms with E-state index in [1.54, 1.807) is 17.0 Å². The summed E-state index contributed by atoms with van der Waals surface area (Å²) in [5.74, 6) is 1.59. The molecule has 0 aliphatic carbocycles. The van der Waals surface area contributed by atoms with E-state index in [9.17, 15) is 9.59 Å². The van der Waals surface area contributed by atoms with Crippen LogP contribution in [0.1, 0.15) is 46.2 Å². The summed E-state index contributed by atoms with van der Waals surface area (Å²) in [4.78, 5) is 31.9. The Hall–Kier alpha value is -2.83. The van der Waals surface area contributed by atoms with Crippen LogP contribution >= 0.6 is 0 Å². The lowest BCUT2D eigenvalue weighted by atomic mass is 9.92. The lowest BCUT2D eigenvalue weighted by Gasteiger charge is -2.37. The predicted molar refractivity (Wildman–Crippen MR) is 117 cm³/mol.